The van der Waals surface area contributed by atoms with Gasteiger partial charge in [-0.05, 0) is 30.0 Å². The largest absolute Gasteiger partial charge is 0.384 e. The lowest BCUT2D eigenvalue weighted by Gasteiger charge is -2.10. The molecule has 0 bridgehead atoms. The lowest BCUT2D eigenvalue weighted by Crippen LogP contribution is -2.11. The van der Waals surface area contributed by atoms with Crippen LogP contribution in [0.15, 0.2) is 18.2 Å². The number of aryl methyl sites for hydroxylation is 1. The number of rotatable bonds is 5. The number of nitrogens with one attached hydrogen (secondary N) is 1. The maximum atomic E-state index is 7.34. The Hall–Kier alpha value is -1.35. The number of nitrogen functional groups attached to an aromatic ring is 1. The van der Waals surface area contributed by atoms with Crippen molar-refractivity contribution in [3.05, 3.63) is 34.9 Å². The van der Waals surface area contributed by atoms with Crippen LogP contribution in [0.5, 0.6) is 0 Å². The van der Waals surface area contributed by atoms with E-state index in [4.69, 9.17) is 15.9 Å². The van der Waals surface area contributed by atoms with Crippen LogP contribution < -0.4 is 5.73 Å². The predicted octanol–water partition coefficient (Wildman–Crippen LogP) is 2.45. The molecule has 0 aromatic heterocycles. The van der Waals surface area contributed by atoms with E-state index < -0.39 is 0 Å². The Labute approximate surface area is 97.1 Å². The summed E-state index contributed by atoms with van der Waals surface area (Å²) in [6.07, 6.45) is 0. The second-order valence-electron chi connectivity index (χ2n) is 4.46. The third-order valence-electron chi connectivity index (χ3n) is 2.36. The van der Waals surface area contributed by atoms with E-state index in [1.165, 1.54) is 0 Å². The Morgan fingerprint density at radius 3 is 2.62 bits per heavy atom. The molecule has 0 aliphatic rings. The molecule has 0 heterocycles. The van der Waals surface area contributed by atoms with E-state index in [0.717, 1.165) is 23.3 Å². The van der Waals surface area contributed by atoms with Gasteiger partial charge >= 0.3 is 0 Å². The summed E-state index contributed by atoms with van der Waals surface area (Å²) < 4.78 is 5.58. The van der Waals surface area contributed by atoms with Gasteiger partial charge in [-0.3, -0.25) is 5.41 Å². The summed E-state index contributed by atoms with van der Waals surface area (Å²) in [4.78, 5) is 0. The van der Waals surface area contributed by atoms with Crippen LogP contribution >= 0.6 is 0 Å². The van der Waals surface area contributed by atoms with Crippen molar-refractivity contribution in [2.75, 3.05) is 6.61 Å². The minimum absolute atomic E-state index is 0.109. The summed E-state index contributed by atoms with van der Waals surface area (Å²) in [6.45, 7) is 7.67. The first-order valence-electron chi connectivity index (χ1n) is 5.52. The SMILES string of the molecule is Cc1cc(C(=N)N)ccc1COCC(C)C. The van der Waals surface area contributed by atoms with Gasteiger partial charge in [-0.25, -0.2) is 0 Å². The van der Waals surface area contributed by atoms with Crippen LogP contribution in [0.2, 0.25) is 0 Å². The molecular weight excluding hydrogens is 200 g/mol. The highest BCUT2D eigenvalue weighted by Gasteiger charge is 2.03. The van der Waals surface area contributed by atoms with Crippen molar-refractivity contribution in [1.29, 1.82) is 5.41 Å². The number of amidine groups is 1. The monoisotopic (exact) mass is 220 g/mol. The Morgan fingerprint density at radius 2 is 2.12 bits per heavy atom. The Balaban J connectivity index is 2.64. The first kappa shape index (κ1) is 12.7. The van der Waals surface area contributed by atoms with Crippen LogP contribution in [0.25, 0.3) is 0 Å². The standard InChI is InChI=1S/C13H20N2O/c1-9(2)7-16-8-12-5-4-11(13(14)15)6-10(12)3/h4-6,9H,7-8H2,1-3H3,(H3,14,15). The molecule has 0 unspecified atom stereocenters. The number of hydrogen-bond donors (Lipinski definition) is 2. The normalized spacial score (nSPS) is 10.8. The third-order valence-corrected chi connectivity index (χ3v) is 2.36. The van der Waals surface area contributed by atoms with Crippen molar-refractivity contribution in [1.82, 2.24) is 0 Å². The van der Waals surface area contributed by atoms with Crippen LogP contribution in [0.1, 0.15) is 30.5 Å². The summed E-state index contributed by atoms with van der Waals surface area (Å²) in [6, 6.07) is 5.77. The molecule has 0 saturated carbocycles. The molecule has 88 valence electrons. The highest BCUT2D eigenvalue weighted by atomic mass is 16.5. The van der Waals surface area contributed by atoms with Crippen molar-refractivity contribution < 1.29 is 4.74 Å². The summed E-state index contributed by atoms with van der Waals surface area (Å²) in [5, 5.41) is 7.34. The average Bonchev–Trinajstić information content (AvgIpc) is 2.19. The molecule has 0 radical (unpaired) electrons. The quantitative estimate of drug-likeness (QED) is 0.591. The zero-order chi connectivity index (χ0) is 12.1. The van der Waals surface area contributed by atoms with E-state index >= 15 is 0 Å². The van der Waals surface area contributed by atoms with Crippen molar-refractivity contribution in [3.8, 4) is 0 Å². The van der Waals surface area contributed by atoms with Crippen LogP contribution in [-0.4, -0.2) is 12.4 Å². The lowest BCUT2D eigenvalue weighted by molar-refractivity contribution is 0.0967. The summed E-state index contributed by atoms with van der Waals surface area (Å²) in [7, 11) is 0. The Kier molecular flexibility index (Phi) is 4.50. The second kappa shape index (κ2) is 5.66. The van der Waals surface area contributed by atoms with E-state index in [1.54, 1.807) is 0 Å². The van der Waals surface area contributed by atoms with Gasteiger partial charge in [-0.15, -0.1) is 0 Å². The zero-order valence-electron chi connectivity index (χ0n) is 10.2. The Bertz CT molecular complexity index is 372. The number of hydrogen-bond acceptors (Lipinski definition) is 2. The molecule has 1 aromatic rings. The van der Waals surface area contributed by atoms with Crippen LogP contribution in [0.4, 0.5) is 0 Å². The van der Waals surface area contributed by atoms with Gasteiger partial charge in [0.2, 0.25) is 0 Å². The molecule has 1 rings (SSSR count). The second-order valence-corrected chi connectivity index (χ2v) is 4.46. The number of benzene rings is 1. The zero-order valence-corrected chi connectivity index (χ0v) is 10.2. The summed E-state index contributed by atoms with van der Waals surface area (Å²) in [5.74, 6) is 0.662. The van der Waals surface area contributed by atoms with Crippen molar-refractivity contribution in [2.45, 2.75) is 27.4 Å². The number of nitrogens with two attached hydrogens (primary N) is 1. The molecule has 0 spiro atoms. The molecule has 0 aliphatic carbocycles. The van der Waals surface area contributed by atoms with Crippen LogP contribution in [-0.2, 0) is 11.3 Å². The third kappa shape index (κ3) is 3.66. The van der Waals surface area contributed by atoms with E-state index in [9.17, 15) is 0 Å². The van der Waals surface area contributed by atoms with Gasteiger partial charge < -0.3 is 10.5 Å². The van der Waals surface area contributed by atoms with Gasteiger partial charge in [0.25, 0.3) is 0 Å². The maximum Gasteiger partial charge on any atom is 0.122 e. The predicted molar refractivity (Wildman–Crippen MR) is 66.7 cm³/mol. The fourth-order valence-electron chi connectivity index (χ4n) is 1.43. The smallest absolute Gasteiger partial charge is 0.122 e. The maximum absolute atomic E-state index is 7.34. The van der Waals surface area contributed by atoms with E-state index in [2.05, 4.69) is 13.8 Å². The molecule has 0 atom stereocenters. The van der Waals surface area contributed by atoms with Gasteiger partial charge in [0.05, 0.1) is 6.61 Å². The fraction of sp³-hybridized carbons (Fsp3) is 0.462. The van der Waals surface area contributed by atoms with Crippen LogP contribution in [0.3, 0.4) is 0 Å². The number of ether oxygens (including phenoxy) is 1. The Morgan fingerprint density at radius 1 is 1.44 bits per heavy atom. The first-order chi connectivity index (χ1) is 7.50. The van der Waals surface area contributed by atoms with Crippen LogP contribution in [0, 0.1) is 18.3 Å². The van der Waals surface area contributed by atoms with E-state index in [1.807, 2.05) is 25.1 Å². The molecule has 1 aromatic carbocycles. The molecule has 0 amide bonds. The molecular formula is C13H20N2O. The molecule has 16 heavy (non-hydrogen) atoms. The molecule has 3 N–H and O–H groups in total. The van der Waals surface area contributed by atoms with Crippen molar-refractivity contribution in [3.63, 3.8) is 0 Å². The average molecular weight is 220 g/mol. The molecule has 3 nitrogen and oxygen atoms in total. The van der Waals surface area contributed by atoms with Gasteiger partial charge in [0.15, 0.2) is 0 Å². The summed E-state index contributed by atoms with van der Waals surface area (Å²) >= 11 is 0. The highest BCUT2D eigenvalue weighted by Crippen LogP contribution is 2.12. The molecule has 3 heteroatoms. The van der Waals surface area contributed by atoms with Crippen molar-refractivity contribution >= 4 is 5.84 Å². The van der Waals surface area contributed by atoms with Crippen molar-refractivity contribution in [2.24, 2.45) is 11.7 Å². The molecule has 0 saturated heterocycles. The van der Waals surface area contributed by atoms with Gasteiger partial charge in [0, 0.05) is 12.2 Å². The van der Waals surface area contributed by atoms with Gasteiger partial charge in [0.1, 0.15) is 5.84 Å². The topological polar surface area (TPSA) is 59.1 Å². The van der Waals surface area contributed by atoms with E-state index in [-0.39, 0.29) is 5.84 Å². The highest BCUT2D eigenvalue weighted by molar-refractivity contribution is 5.95. The van der Waals surface area contributed by atoms with Gasteiger partial charge in [-0.2, -0.15) is 0 Å². The minimum Gasteiger partial charge on any atom is -0.384 e. The fourth-order valence-corrected chi connectivity index (χ4v) is 1.43. The molecule has 0 fully saturated rings. The lowest BCUT2D eigenvalue weighted by atomic mass is 10.1. The summed E-state index contributed by atoms with van der Waals surface area (Å²) in [5.41, 5.74) is 8.47. The molecule has 0 aliphatic heterocycles. The van der Waals surface area contributed by atoms with Gasteiger partial charge in [-0.1, -0.05) is 26.0 Å². The first-order valence-corrected chi connectivity index (χ1v) is 5.52. The minimum atomic E-state index is 0.109. The van der Waals surface area contributed by atoms with E-state index in [0.29, 0.717) is 12.5 Å².